The Hall–Kier alpha value is -2.38. The smallest absolute Gasteiger partial charge is 0.433 e. The molecule has 2 rings (SSSR count). The maximum atomic E-state index is 14.1. The van der Waals surface area contributed by atoms with Gasteiger partial charge < -0.3 is 4.74 Å². The highest BCUT2D eigenvalue weighted by Crippen LogP contribution is 2.36. The molecule has 0 unspecified atom stereocenters. The van der Waals surface area contributed by atoms with E-state index in [-0.39, 0.29) is 5.56 Å². The highest BCUT2D eigenvalue weighted by Gasteiger charge is 2.36. The normalized spacial score (nSPS) is 11.4. The summed E-state index contributed by atoms with van der Waals surface area (Å²) in [5.41, 5.74) is -2.48. The average molecular weight is 288 g/mol. The highest BCUT2D eigenvalue weighted by atomic mass is 19.4. The van der Waals surface area contributed by atoms with Gasteiger partial charge in [-0.1, -0.05) is 12.1 Å². The maximum absolute atomic E-state index is 14.1. The van der Waals surface area contributed by atoms with Gasteiger partial charge in [0.15, 0.2) is 0 Å². The van der Waals surface area contributed by atoms with Crippen molar-refractivity contribution < 1.29 is 27.1 Å². The Morgan fingerprint density at radius 1 is 1.30 bits per heavy atom. The van der Waals surface area contributed by atoms with E-state index in [2.05, 4.69) is 9.84 Å². The molecule has 20 heavy (non-hydrogen) atoms. The van der Waals surface area contributed by atoms with Gasteiger partial charge in [-0.05, 0) is 6.07 Å². The molecule has 0 atom stereocenters. The summed E-state index contributed by atoms with van der Waals surface area (Å²) in [4.78, 5) is 11.3. The second kappa shape index (κ2) is 4.95. The molecule has 8 heteroatoms. The molecule has 0 aliphatic rings. The molecule has 1 N–H and O–H groups in total. The molecule has 0 radical (unpaired) electrons. The SMILES string of the molecule is COC(=O)c1cccc(-c2cn[nH]c2C(F)(F)F)c1F. The van der Waals surface area contributed by atoms with Crippen LogP contribution in [0.1, 0.15) is 16.1 Å². The Kier molecular flexibility index (Phi) is 3.47. The van der Waals surface area contributed by atoms with Gasteiger partial charge in [0.2, 0.25) is 0 Å². The third-order valence-corrected chi connectivity index (χ3v) is 2.62. The Morgan fingerprint density at radius 2 is 2.00 bits per heavy atom. The topological polar surface area (TPSA) is 55.0 Å². The van der Waals surface area contributed by atoms with E-state index in [1.54, 1.807) is 5.10 Å². The molecule has 1 aromatic carbocycles. The number of alkyl halides is 3. The fourth-order valence-electron chi connectivity index (χ4n) is 1.71. The molecule has 0 spiro atoms. The van der Waals surface area contributed by atoms with Gasteiger partial charge in [-0.25, -0.2) is 9.18 Å². The van der Waals surface area contributed by atoms with Crippen LogP contribution in [0.3, 0.4) is 0 Å². The molecule has 1 heterocycles. The molecular formula is C12H8F4N2O2. The van der Waals surface area contributed by atoms with Gasteiger partial charge in [-0.15, -0.1) is 0 Å². The van der Waals surface area contributed by atoms with E-state index in [0.29, 0.717) is 0 Å². The van der Waals surface area contributed by atoms with Gasteiger partial charge >= 0.3 is 12.1 Å². The number of benzene rings is 1. The summed E-state index contributed by atoms with van der Waals surface area (Å²) in [5, 5.41) is 5.05. The summed E-state index contributed by atoms with van der Waals surface area (Å²) < 4.78 is 56.7. The number of methoxy groups -OCH3 is 1. The molecular weight excluding hydrogens is 280 g/mol. The summed E-state index contributed by atoms with van der Waals surface area (Å²) in [5.74, 6) is -2.06. The van der Waals surface area contributed by atoms with E-state index >= 15 is 0 Å². The zero-order valence-corrected chi connectivity index (χ0v) is 10.1. The van der Waals surface area contributed by atoms with E-state index in [9.17, 15) is 22.4 Å². The number of hydrogen-bond acceptors (Lipinski definition) is 3. The number of nitrogens with zero attached hydrogens (tertiary/aromatic N) is 1. The average Bonchev–Trinajstić information content (AvgIpc) is 2.87. The Morgan fingerprint density at radius 3 is 2.60 bits per heavy atom. The van der Waals surface area contributed by atoms with Gasteiger partial charge in [0.05, 0.1) is 18.9 Å². The van der Waals surface area contributed by atoms with Crippen molar-refractivity contribution in [3.63, 3.8) is 0 Å². The van der Waals surface area contributed by atoms with Crippen LogP contribution >= 0.6 is 0 Å². The fourth-order valence-corrected chi connectivity index (χ4v) is 1.71. The Balaban J connectivity index is 2.61. The fraction of sp³-hybridized carbons (Fsp3) is 0.167. The number of rotatable bonds is 2. The molecule has 106 valence electrons. The number of carbonyl (C=O) groups excluding carboxylic acids is 1. The van der Waals surface area contributed by atoms with E-state index in [4.69, 9.17) is 0 Å². The van der Waals surface area contributed by atoms with Crippen molar-refractivity contribution in [2.45, 2.75) is 6.18 Å². The van der Waals surface area contributed by atoms with Crippen LogP contribution in [0.4, 0.5) is 17.6 Å². The van der Waals surface area contributed by atoms with Crippen molar-refractivity contribution in [3.8, 4) is 11.1 Å². The zero-order chi connectivity index (χ0) is 14.9. The van der Waals surface area contributed by atoms with E-state index in [1.165, 1.54) is 6.07 Å². The lowest BCUT2D eigenvalue weighted by Crippen LogP contribution is -2.09. The standard InChI is InChI=1S/C12H8F4N2O2/c1-20-11(19)7-4-2-3-6(9(7)13)8-5-17-18-10(8)12(14,15)16/h2-5H,1H3,(H,17,18). The van der Waals surface area contributed by atoms with Gasteiger partial charge in [0, 0.05) is 11.1 Å². The van der Waals surface area contributed by atoms with Crippen molar-refractivity contribution in [1.82, 2.24) is 10.2 Å². The molecule has 0 saturated carbocycles. The minimum Gasteiger partial charge on any atom is -0.465 e. The Bertz CT molecular complexity index is 649. The van der Waals surface area contributed by atoms with Crippen LogP contribution in [-0.4, -0.2) is 23.3 Å². The second-order valence-corrected chi connectivity index (χ2v) is 3.82. The van der Waals surface area contributed by atoms with Crippen LogP contribution < -0.4 is 0 Å². The van der Waals surface area contributed by atoms with Gasteiger partial charge in [0.25, 0.3) is 0 Å². The van der Waals surface area contributed by atoms with Crippen LogP contribution in [0.5, 0.6) is 0 Å². The summed E-state index contributed by atoms with van der Waals surface area (Å²) in [7, 11) is 1.05. The largest absolute Gasteiger partial charge is 0.465 e. The third kappa shape index (κ3) is 2.36. The zero-order valence-electron chi connectivity index (χ0n) is 10.1. The molecule has 0 bridgehead atoms. The monoisotopic (exact) mass is 288 g/mol. The van der Waals surface area contributed by atoms with Crippen molar-refractivity contribution in [2.75, 3.05) is 7.11 Å². The van der Waals surface area contributed by atoms with Crippen LogP contribution in [0.15, 0.2) is 24.4 Å². The first-order chi connectivity index (χ1) is 9.36. The quantitative estimate of drug-likeness (QED) is 0.682. The van der Waals surface area contributed by atoms with Crippen LogP contribution in [0.25, 0.3) is 11.1 Å². The second-order valence-electron chi connectivity index (χ2n) is 3.82. The summed E-state index contributed by atoms with van der Waals surface area (Å²) in [6, 6.07) is 3.51. The molecule has 0 aliphatic heterocycles. The Labute approximate surface area is 110 Å². The van der Waals surface area contributed by atoms with E-state index in [0.717, 1.165) is 25.4 Å². The summed E-state index contributed by atoms with van der Waals surface area (Å²) in [6.07, 6.45) is -3.86. The van der Waals surface area contributed by atoms with Crippen molar-refractivity contribution >= 4 is 5.97 Å². The predicted octanol–water partition coefficient (Wildman–Crippen LogP) is 3.02. The number of esters is 1. The number of aromatic nitrogens is 2. The summed E-state index contributed by atoms with van der Waals surface area (Å²) in [6.45, 7) is 0. The number of halogens is 4. The van der Waals surface area contributed by atoms with Gasteiger partial charge in [-0.2, -0.15) is 18.3 Å². The van der Waals surface area contributed by atoms with Gasteiger partial charge in [0.1, 0.15) is 11.5 Å². The maximum Gasteiger partial charge on any atom is 0.433 e. The first-order valence-corrected chi connectivity index (χ1v) is 5.34. The minimum absolute atomic E-state index is 0.381. The number of ether oxygens (including phenoxy) is 1. The minimum atomic E-state index is -4.71. The van der Waals surface area contributed by atoms with Crippen molar-refractivity contribution in [1.29, 1.82) is 0 Å². The number of nitrogens with one attached hydrogen (secondary N) is 1. The number of carbonyl (C=O) groups is 1. The van der Waals surface area contributed by atoms with Crippen molar-refractivity contribution in [3.05, 3.63) is 41.5 Å². The number of H-pyrrole nitrogens is 1. The third-order valence-electron chi connectivity index (χ3n) is 2.62. The number of hydrogen-bond donors (Lipinski definition) is 1. The first-order valence-electron chi connectivity index (χ1n) is 5.34. The molecule has 2 aromatic rings. The molecule has 1 aromatic heterocycles. The molecule has 4 nitrogen and oxygen atoms in total. The van der Waals surface area contributed by atoms with Crippen LogP contribution in [-0.2, 0) is 10.9 Å². The molecule has 0 fully saturated rings. The predicted molar refractivity (Wildman–Crippen MR) is 60.3 cm³/mol. The van der Waals surface area contributed by atoms with E-state index < -0.39 is 34.8 Å². The van der Waals surface area contributed by atoms with Crippen LogP contribution in [0.2, 0.25) is 0 Å². The highest BCUT2D eigenvalue weighted by molar-refractivity contribution is 5.91. The first kappa shape index (κ1) is 14.0. The lowest BCUT2D eigenvalue weighted by atomic mass is 10.0. The lowest BCUT2D eigenvalue weighted by molar-refractivity contribution is -0.140. The molecule has 0 saturated heterocycles. The molecule has 0 amide bonds. The van der Waals surface area contributed by atoms with E-state index in [1.807, 2.05) is 0 Å². The van der Waals surface area contributed by atoms with Crippen molar-refractivity contribution in [2.24, 2.45) is 0 Å². The van der Waals surface area contributed by atoms with Gasteiger partial charge in [-0.3, -0.25) is 5.10 Å². The number of aromatic amines is 1. The molecule has 0 aliphatic carbocycles. The summed E-state index contributed by atoms with van der Waals surface area (Å²) >= 11 is 0. The lowest BCUT2D eigenvalue weighted by Gasteiger charge is -2.09. The van der Waals surface area contributed by atoms with Crippen LogP contribution in [0, 0.1) is 5.82 Å².